The third-order valence-corrected chi connectivity index (χ3v) is 4.09. The van der Waals surface area contributed by atoms with Crippen LogP contribution in [0.15, 0.2) is 119 Å². The van der Waals surface area contributed by atoms with Gasteiger partial charge in [0, 0.05) is 10.8 Å². The largest absolute Gasteiger partial charge is 0.227 e. The maximum absolute atomic E-state index is 4.46. The van der Waals surface area contributed by atoms with Crippen molar-refractivity contribution < 1.29 is 0 Å². The molecule has 0 aliphatic rings. The van der Waals surface area contributed by atoms with Crippen molar-refractivity contribution >= 4 is 33.4 Å². The summed E-state index contributed by atoms with van der Waals surface area (Å²) in [7, 11) is 0. The second-order valence-corrected chi connectivity index (χ2v) is 6.08. The number of aromatic nitrogens is 2. The van der Waals surface area contributed by atoms with Gasteiger partial charge in [-0.05, 0) is 36.4 Å². The van der Waals surface area contributed by atoms with Crippen molar-refractivity contribution in [3.05, 3.63) is 109 Å². The Morgan fingerprint density at radius 1 is 0.393 bits per heavy atom. The van der Waals surface area contributed by atoms with Crippen molar-refractivity contribution in [3.8, 4) is 0 Å². The molecule has 2 aromatic heterocycles. The Bertz CT molecular complexity index is 1110. The molecule has 4 nitrogen and oxygen atoms in total. The molecule has 0 atom stereocenters. The molecule has 0 amide bonds. The SMILES string of the molecule is c1ccc2nc(N=Nc3ccc4ccccc4n3)ccc2c1.c1ccccc1. The van der Waals surface area contributed by atoms with Gasteiger partial charge >= 0.3 is 0 Å². The topological polar surface area (TPSA) is 50.5 Å². The molecule has 3 aromatic carbocycles. The van der Waals surface area contributed by atoms with Gasteiger partial charge in [0.2, 0.25) is 0 Å². The van der Waals surface area contributed by atoms with E-state index in [0.717, 1.165) is 21.8 Å². The number of benzene rings is 3. The Morgan fingerprint density at radius 3 is 1.21 bits per heavy atom. The Balaban J connectivity index is 0.000000275. The third kappa shape index (κ3) is 4.43. The summed E-state index contributed by atoms with van der Waals surface area (Å²) in [4.78, 5) is 8.93. The summed E-state index contributed by atoms with van der Waals surface area (Å²) in [6.07, 6.45) is 0. The summed E-state index contributed by atoms with van der Waals surface area (Å²) >= 11 is 0. The zero-order chi connectivity index (χ0) is 19.0. The molecule has 0 unspecified atom stereocenters. The van der Waals surface area contributed by atoms with Gasteiger partial charge in [-0.15, -0.1) is 10.2 Å². The number of rotatable bonds is 2. The van der Waals surface area contributed by atoms with Crippen LogP contribution in [-0.2, 0) is 0 Å². The van der Waals surface area contributed by atoms with Crippen LogP contribution in [0.5, 0.6) is 0 Å². The standard InChI is InChI=1S/C18H12N4.C6H6/c1-3-7-15-13(5-1)9-11-17(19-15)21-22-18-12-10-14-6-2-4-8-16(14)20-18;1-2-4-6-5-3-1/h1-12H;1-6H. The van der Waals surface area contributed by atoms with Crippen molar-refractivity contribution in [2.24, 2.45) is 10.2 Å². The number of para-hydroxylation sites is 2. The van der Waals surface area contributed by atoms with E-state index in [0.29, 0.717) is 11.6 Å². The zero-order valence-corrected chi connectivity index (χ0v) is 15.2. The molecule has 28 heavy (non-hydrogen) atoms. The van der Waals surface area contributed by atoms with Crippen LogP contribution in [0.4, 0.5) is 11.6 Å². The van der Waals surface area contributed by atoms with Crippen LogP contribution in [0, 0.1) is 0 Å². The Morgan fingerprint density at radius 2 is 0.786 bits per heavy atom. The van der Waals surface area contributed by atoms with Gasteiger partial charge in [0.1, 0.15) is 0 Å². The van der Waals surface area contributed by atoms with E-state index in [2.05, 4.69) is 20.2 Å². The van der Waals surface area contributed by atoms with E-state index in [9.17, 15) is 0 Å². The second kappa shape index (κ2) is 8.64. The molecule has 0 spiro atoms. The van der Waals surface area contributed by atoms with Crippen LogP contribution in [-0.4, -0.2) is 9.97 Å². The number of hydrogen-bond acceptors (Lipinski definition) is 4. The maximum atomic E-state index is 4.46. The van der Waals surface area contributed by atoms with Gasteiger partial charge in [-0.2, -0.15) is 0 Å². The first-order chi connectivity index (χ1) is 13.9. The second-order valence-electron chi connectivity index (χ2n) is 6.08. The molecule has 0 aliphatic heterocycles. The summed E-state index contributed by atoms with van der Waals surface area (Å²) in [5, 5.41) is 10.5. The highest BCUT2D eigenvalue weighted by molar-refractivity contribution is 5.80. The van der Waals surface area contributed by atoms with Gasteiger partial charge in [-0.1, -0.05) is 72.8 Å². The highest BCUT2D eigenvalue weighted by Crippen LogP contribution is 2.20. The number of fused-ring (bicyclic) bond motifs is 2. The van der Waals surface area contributed by atoms with Crippen molar-refractivity contribution in [2.45, 2.75) is 0 Å². The average molecular weight is 362 g/mol. The molecule has 5 aromatic rings. The van der Waals surface area contributed by atoms with E-state index in [1.54, 1.807) is 0 Å². The quantitative estimate of drug-likeness (QED) is 0.321. The van der Waals surface area contributed by atoms with Gasteiger partial charge < -0.3 is 0 Å². The summed E-state index contributed by atoms with van der Waals surface area (Å²) in [5.41, 5.74) is 1.82. The normalized spacial score (nSPS) is 10.7. The van der Waals surface area contributed by atoms with Crippen molar-refractivity contribution in [1.82, 2.24) is 9.97 Å². The monoisotopic (exact) mass is 362 g/mol. The molecule has 0 fully saturated rings. The van der Waals surface area contributed by atoms with Crippen LogP contribution in [0.25, 0.3) is 21.8 Å². The van der Waals surface area contributed by atoms with Gasteiger partial charge in [-0.3, -0.25) is 0 Å². The van der Waals surface area contributed by atoms with Gasteiger partial charge in [0.15, 0.2) is 11.6 Å². The van der Waals surface area contributed by atoms with E-state index < -0.39 is 0 Å². The fourth-order valence-electron chi connectivity index (χ4n) is 2.71. The highest BCUT2D eigenvalue weighted by atomic mass is 15.2. The van der Waals surface area contributed by atoms with E-state index in [1.807, 2.05) is 109 Å². The lowest BCUT2D eigenvalue weighted by molar-refractivity contribution is 1.14. The summed E-state index contributed by atoms with van der Waals surface area (Å²) in [6.45, 7) is 0. The average Bonchev–Trinajstić information content (AvgIpc) is 2.79. The highest BCUT2D eigenvalue weighted by Gasteiger charge is 1.98. The lowest BCUT2D eigenvalue weighted by atomic mass is 10.2. The first-order valence-corrected chi connectivity index (χ1v) is 9.02. The summed E-state index contributed by atoms with van der Waals surface area (Å²) in [5.74, 6) is 1.15. The van der Waals surface area contributed by atoms with Gasteiger partial charge in [0.05, 0.1) is 11.0 Å². The van der Waals surface area contributed by atoms with Crippen molar-refractivity contribution in [2.75, 3.05) is 0 Å². The molecule has 134 valence electrons. The van der Waals surface area contributed by atoms with Gasteiger partial charge in [-0.25, -0.2) is 9.97 Å². The van der Waals surface area contributed by atoms with E-state index in [1.165, 1.54) is 0 Å². The Hall–Kier alpha value is -3.92. The molecule has 4 heteroatoms. The lowest BCUT2D eigenvalue weighted by Gasteiger charge is -1.98. The number of nitrogens with zero attached hydrogens (tertiary/aromatic N) is 4. The van der Waals surface area contributed by atoms with Crippen LogP contribution in [0.3, 0.4) is 0 Å². The number of azo groups is 1. The molecular formula is C24H18N4. The van der Waals surface area contributed by atoms with E-state index in [-0.39, 0.29) is 0 Å². The van der Waals surface area contributed by atoms with Crippen LogP contribution in [0.1, 0.15) is 0 Å². The molecule has 0 bridgehead atoms. The molecule has 0 N–H and O–H groups in total. The summed E-state index contributed by atoms with van der Waals surface area (Å²) < 4.78 is 0. The fourth-order valence-corrected chi connectivity index (χ4v) is 2.71. The van der Waals surface area contributed by atoms with Crippen LogP contribution < -0.4 is 0 Å². The lowest BCUT2D eigenvalue weighted by Crippen LogP contribution is -1.79. The third-order valence-electron chi connectivity index (χ3n) is 4.09. The molecule has 0 saturated carbocycles. The maximum Gasteiger partial charge on any atom is 0.175 e. The van der Waals surface area contributed by atoms with Crippen LogP contribution in [0.2, 0.25) is 0 Å². The molecule has 0 aliphatic carbocycles. The first-order valence-electron chi connectivity index (χ1n) is 9.02. The predicted molar refractivity (Wildman–Crippen MR) is 114 cm³/mol. The minimum atomic E-state index is 0.577. The Kier molecular flexibility index (Phi) is 5.40. The molecule has 0 radical (unpaired) electrons. The predicted octanol–water partition coefficient (Wildman–Crippen LogP) is 6.89. The van der Waals surface area contributed by atoms with E-state index >= 15 is 0 Å². The molecular weight excluding hydrogens is 344 g/mol. The molecule has 2 heterocycles. The fraction of sp³-hybridized carbons (Fsp3) is 0. The van der Waals surface area contributed by atoms with Gasteiger partial charge in [0.25, 0.3) is 0 Å². The van der Waals surface area contributed by atoms with Crippen molar-refractivity contribution in [1.29, 1.82) is 0 Å². The first kappa shape index (κ1) is 17.5. The van der Waals surface area contributed by atoms with Crippen LogP contribution >= 0.6 is 0 Å². The minimum absolute atomic E-state index is 0.577. The van der Waals surface area contributed by atoms with Crippen molar-refractivity contribution in [3.63, 3.8) is 0 Å². The number of pyridine rings is 2. The van der Waals surface area contributed by atoms with E-state index in [4.69, 9.17) is 0 Å². The minimum Gasteiger partial charge on any atom is -0.227 e. The molecule has 5 rings (SSSR count). The Labute approximate surface area is 163 Å². The number of hydrogen-bond donors (Lipinski definition) is 0. The summed E-state index contributed by atoms with van der Waals surface area (Å²) in [6, 6.07) is 35.6. The smallest absolute Gasteiger partial charge is 0.175 e. The molecule has 0 saturated heterocycles. The zero-order valence-electron chi connectivity index (χ0n) is 15.2.